The Morgan fingerprint density at radius 3 is 2.29 bits per heavy atom. The summed E-state index contributed by atoms with van der Waals surface area (Å²) >= 11 is 7.33. The van der Waals surface area contributed by atoms with Crippen molar-refractivity contribution in [1.29, 1.82) is 0 Å². The van der Waals surface area contributed by atoms with Crippen LogP contribution in [0.1, 0.15) is 10.4 Å². The molecule has 1 aliphatic rings. The molecule has 1 saturated heterocycles. The number of hydrogen-bond donors (Lipinski definition) is 0. The van der Waals surface area contributed by atoms with Gasteiger partial charge in [-0.1, -0.05) is 23.4 Å². The molecule has 0 atom stereocenters. The molecule has 2 heterocycles. The van der Waals surface area contributed by atoms with Gasteiger partial charge < -0.3 is 14.5 Å². The van der Waals surface area contributed by atoms with E-state index in [1.807, 2.05) is 12.1 Å². The summed E-state index contributed by atoms with van der Waals surface area (Å²) in [5, 5.41) is 1.40. The van der Waals surface area contributed by atoms with E-state index in [2.05, 4.69) is 31.9 Å². The number of hydrogen-bond acceptors (Lipinski definition) is 7. The van der Waals surface area contributed by atoms with Crippen molar-refractivity contribution in [2.45, 2.75) is 5.03 Å². The number of thioether (sulfide) groups is 1. The highest BCUT2D eigenvalue weighted by atomic mass is 35.5. The molecule has 4 rings (SSSR count). The summed E-state index contributed by atoms with van der Waals surface area (Å²) in [5.41, 5.74) is 1.83. The van der Waals surface area contributed by atoms with Crippen LogP contribution in [0.3, 0.4) is 0 Å². The maximum absolute atomic E-state index is 12.5. The number of rotatable bonds is 7. The van der Waals surface area contributed by atoms with E-state index in [1.54, 1.807) is 43.8 Å². The van der Waals surface area contributed by atoms with E-state index < -0.39 is 0 Å². The Morgan fingerprint density at radius 1 is 0.968 bits per heavy atom. The lowest BCUT2D eigenvalue weighted by Crippen LogP contribution is -2.47. The summed E-state index contributed by atoms with van der Waals surface area (Å²) in [6, 6.07) is 15.1. The molecule has 3 aromatic rings. The molecule has 1 aromatic heterocycles. The molecule has 0 spiro atoms. The highest BCUT2D eigenvalue weighted by molar-refractivity contribution is 8.00. The number of ketones is 1. The van der Waals surface area contributed by atoms with E-state index in [-0.39, 0.29) is 5.78 Å². The van der Waals surface area contributed by atoms with Crippen molar-refractivity contribution in [3.8, 4) is 5.75 Å². The van der Waals surface area contributed by atoms with Gasteiger partial charge in [-0.2, -0.15) is 0 Å². The van der Waals surface area contributed by atoms with Gasteiger partial charge in [-0.15, -0.1) is 0 Å². The molecule has 0 saturated carbocycles. The summed E-state index contributed by atoms with van der Waals surface area (Å²) in [6.45, 7) is 3.44. The minimum Gasteiger partial charge on any atom is -0.497 e. The lowest BCUT2D eigenvalue weighted by Gasteiger charge is -2.37. The Balaban J connectivity index is 1.38. The third kappa shape index (κ3) is 5.29. The summed E-state index contributed by atoms with van der Waals surface area (Å²) in [7, 11) is 1.67. The number of aromatic nitrogens is 2. The third-order valence-corrected chi connectivity index (χ3v) is 6.39. The molecule has 1 aliphatic heterocycles. The molecular weight excluding hydrogens is 432 g/mol. The summed E-state index contributed by atoms with van der Waals surface area (Å²) in [5.74, 6) is 2.05. The number of Topliss-reactive ketones (excluding diaryl/α,β-unsaturated/α-hetero) is 1. The largest absolute Gasteiger partial charge is 0.497 e. The van der Waals surface area contributed by atoms with Crippen LogP contribution in [0.2, 0.25) is 5.02 Å². The molecule has 0 bridgehead atoms. The zero-order chi connectivity index (χ0) is 21.6. The van der Waals surface area contributed by atoms with Crippen molar-refractivity contribution in [3.63, 3.8) is 0 Å². The van der Waals surface area contributed by atoms with E-state index in [0.29, 0.717) is 16.3 Å². The molecule has 0 aliphatic carbocycles. The minimum atomic E-state index is 0.0441. The van der Waals surface area contributed by atoms with Crippen LogP contribution in [0.15, 0.2) is 66.0 Å². The number of ether oxygens (including phenoxy) is 1. The van der Waals surface area contributed by atoms with E-state index in [1.165, 1.54) is 17.4 Å². The second-order valence-electron chi connectivity index (χ2n) is 7.08. The molecule has 1 fully saturated rings. The minimum absolute atomic E-state index is 0.0441. The fourth-order valence-electron chi connectivity index (χ4n) is 3.46. The molecule has 0 amide bonds. The summed E-state index contributed by atoms with van der Waals surface area (Å²) < 4.78 is 5.24. The quantitative estimate of drug-likeness (QED) is 0.386. The van der Waals surface area contributed by atoms with Gasteiger partial charge in [0, 0.05) is 54.8 Å². The number of carbonyl (C=O) groups is 1. The maximum Gasteiger partial charge on any atom is 0.173 e. The molecule has 2 aromatic carbocycles. The zero-order valence-corrected chi connectivity index (χ0v) is 18.8. The third-order valence-electron chi connectivity index (χ3n) is 5.17. The molecule has 0 radical (unpaired) electrons. The standard InChI is InChI=1S/C23H23ClN4O2S/c1-30-20-8-6-19(7-9-20)27-12-14-28(15-13-27)22-23(26-11-10-25-22)31-16-21(29)17-2-4-18(24)5-3-17/h2-11H,12-16H2,1H3. The summed E-state index contributed by atoms with van der Waals surface area (Å²) in [4.78, 5) is 26.2. The molecular formula is C23H23ClN4O2S. The van der Waals surface area contributed by atoms with Gasteiger partial charge in [0.05, 0.1) is 12.9 Å². The normalized spacial score (nSPS) is 13.9. The molecule has 160 valence electrons. The van der Waals surface area contributed by atoms with E-state index >= 15 is 0 Å². The first-order chi connectivity index (χ1) is 15.1. The number of methoxy groups -OCH3 is 1. The molecule has 0 unspecified atom stereocenters. The fourth-order valence-corrected chi connectivity index (χ4v) is 4.47. The first-order valence-electron chi connectivity index (χ1n) is 10.0. The monoisotopic (exact) mass is 454 g/mol. The number of piperazine rings is 1. The van der Waals surface area contributed by atoms with Crippen LogP contribution in [0, 0.1) is 0 Å². The number of nitrogens with zero attached hydrogens (tertiary/aromatic N) is 4. The highest BCUT2D eigenvalue weighted by Crippen LogP contribution is 2.28. The van der Waals surface area contributed by atoms with Gasteiger partial charge >= 0.3 is 0 Å². The van der Waals surface area contributed by atoms with Crippen LogP contribution >= 0.6 is 23.4 Å². The molecule has 31 heavy (non-hydrogen) atoms. The lowest BCUT2D eigenvalue weighted by atomic mass is 10.1. The van der Waals surface area contributed by atoms with Crippen LogP contribution in [0.5, 0.6) is 5.75 Å². The number of benzene rings is 2. The van der Waals surface area contributed by atoms with Crippen LogP contribution < -0.4 is 14.5 Å². The second kappa shape index (κ2) is 10.0. The van der Waals surface area contributed by atoms with Crippen molar-refractivity contribution >= 4 is 40.7 Å². The van der Waals surface area contributed by atoms with Crippen molar-refractivity contribution in [2.75, 3.05) is 48.8 Å². The van der Waals surface area contributed by atoms with Gasteiger partial charge in [-0.3, -0.25) is 4.79 Å². The predicted octanol–water partition coefficient (Wildman–Crippen LogP) is 4.44. The van der Waals surface area contributed by atoms with Crippen LogP contribution in [-0.4, -0.2) is 54.8 Å². The smallest absolute Gasteiger partial charge is 0.173 e. The summed E-state index contributed by atoms with van der Waals surface area (Å²) in [6.07, 6.45) is 3.38. The van der Waals surface area contributed by atoms with E-state index in [4.69, 9.17) is 16.3 Å². The van der Waals surface area contributed by atoms with Crippen molar-refractivity contribution in [2.24, 2.45) is 0 Å². The van der Waals surface area contributed by atoms with Gasteiger partial charge in [0.25, 0.3) is 0 Å². The Morgan fingerprint density at radius 2 is 1.61 bits per heavy atom. The number of halogens is 1. The van der Waals surface area contributed by atoms with Gasteiger partial charge in [-0.25, -0.2) is 9.97 Å². The number of carbonyl (C=O) groups excluding carboxylic acids is 1. The number of anilines is 2. The van der Waals surface area contributed by atoms with Crippen molar-refractivity contribution < 1.29 is 9.53 Å². The van der Waals surface area contributed by atoms with Crippen LogP contribution in [0.4, 0.5) is 11.5 Å². The van der Waals surface area contributed by atoms with Crippen LogP contribution in [0.25, 0.3) is 0 Å². The fraction of sp³-hybridized carbons (Fsp3) is 0.261. The second-order valence-corrected chi connectivity index (χ2v) is 8.48. The predicted molar refractivity (Wildman–Crippen MR) is 126 cm³/mol. The SMILES string of the molecule is COc1ccc(N2CCN(c3nccnc3SCC(=O)c3ccc(Cl)cc3)CC2)cc1. The Kier molecular flexibility index (Phi) is 6.94. The van der Waals surface area contributed by atoms with Gasteiger partial charge in [0.2, 0.25) is 0 Å². The van der Waals surface area contributed by atoms with E-state index in [0.717, 1.165) is 42.8 Å². The van der Waals surface area contributed by atoms with Crippen molar-refractivity contribution in [1.82, 2.24) is 9.97 Å². The average molecular weight is 455 g/mol. The zero-order valence-electron chi connectivity index (χ0n) is 17.2. The van der Waals surface area contributed by atoms with Crippen LogP contribution in [-0.2, 0) is 0 Å². The highest BCUT2D eigenvalue weighted by Gasteiger charge is 2.22. The molecule has 6 nitrogen and oxygen atoms in total. The van der Waals surface area contributed by atoms with Gasteiger partial charge in [-0.05, 0) is 48.5 Å². The van der Waals surface area contributed by atoms with Gasteiger partial charge in [0.1, 0.15) is 10.8 Å². The first kappa shape index (κ1) is 21.5. The molecule has 8 heteroatoms. The van der Waals surface area contributed by atoms with E-state index in [9.17, 15) is 4.79 Å². The first-order valence-corrected chi connectivity index (χ1v) is 11.4. The Labute approximate surface area is 191 Å². The van der Waals surface area contributed by atoms with Gasteiger partial charge in [0.15, 0.2) is 11.6 Å². The Hall–Kier alpha value is -2.77. The average Bonchev–Trinajstić information content (AvgIpc) is 2.83. The Bertz CT molecular complexity index is 1020. The maximum atomic E-state index is 12.5. The van der Waals surface area contributed by atoms with Crippen molar-refractivity contribution in [3.05, 3.63) is 71.5 Å². The topological polar surface area (TPSA) is 58.6 Å². The lowest BCUT2D eigenvalue weighted by molar-refractivity contribution is 0.102. The molecule has 0 N–H and O–H groups in total.